The molecule has 88 valence electrons. The highest BCUT2D eigenvalue weighted by molar-refractivity contribution is 5.40. The smallest absolute Gasteiger partial charge is 0.0316 e. The van der Waals surface area contributed by atoms with Gasteiger partial charge in [-0.1, -0.05) is 25.5 Å². The minimum Gasteiger partial charge on any atom is -0.399 e. The molecule has 2 rings (SSSR count). The van der Waals surface area contributed by atoms with Gasteiger partial charge in [0.25, 0.3) is 0 Å². The monoisotopic (exact) mass is 218 g/mol. The van der Waals surface area contributed by atoms with Crippen LogP contribution in [0.4, 0.5) is 5.69 Å². The Labute approximate surface area is 98.2 Å². The number of nitrogens with two attached hydrogens (primary N) is 1. The Kier molecular flexibility index (Phi) is 3.83. The highest BCUT2D eigenvalue weighted by Gasteiger charge is 2.34. The maximum Gasteiger partial charge on any atom is 0.0316 e. The molecular weight excluding hydrogens is 196 g/mol. The molecule has 0 spiro atoms. The van der Waals surface area contributed by atoms with Crippen LogP contribution in [0.25, 0.3) is 0 Å². The van der Waals surface area contributed by atoms with Crippen LogP contribution in [-0.2, 0) is 6.42 Å². The molecule has 1 aromatic rings. The molecule has 1 aliphatic rings. The van der Waals surface area contributed by atoms with Crippen molar-refractivity contribution in [3.8, 4) is 0 Å². The normalized spacial score (nSPS) is 23.3. The lowest BCUT2D eigenvalue weighted by Crippen LogP contribution is -2.21. The van der Waals surface area contributed by atoms with Crippen molar-refractivity contribution < 1.29 is 0 Å². The average molecular weight is 218 g/mol. The standard InChI is InChI=1S/C14H22N2/c1-2-4-12-10-14(12)16-8-7-11-5-3-6-13(15)9-11/h3,5-6,9,12,14,16H,2,4,7-8,10,15H2,1H3. The third kappa shape index (κ3) is 3.24. The van der Waals surface area contributed by atoms with Gasteiger partial charge in [0.2, 0.25) is 0 Å². The van der Waals surface area contributed by atoms with Crippen molar-refractivity contribution in [1.29, 1.82) is 0 Å². The molecule has 0 bridgehead atoms. The predicted molar refractivity (Wildman–Crippen MR) is 69.4 cm³/mol. The maximum absolute atomic E-state index is 5.74. The summed E-state index contributed by atoms with van der Waals surface area (Å²) < 4.78 is 0. The Hall–Kier alpha value is -1.02. The molecule has 0 heterocycles. The topological polar surface area (TPSA) is 38.0 Å². The molecule has 1 saturated carbocycles. The first kappa shape index (κ1) is 11.5. The van der Waals surface area contributed by atoms with Gasteiger partial charge in [-0.15, -0.1) is 0 Å². The summed E-state index contributed by atoms with van der Waals surface area (Å²) in [5.74, 6) is 0.950. The molecule has 16 heavy (non-hydrogen) atoms. The Balaban J connectivity index is 1.65. The highest BCUT2D eigenvalue weighted by Crippen LogP contribution is 2.34. The van der Waals surface area contributed by atoms with E-state index in [-0.39, 0.29) is 0 Å². The molecule has 2 nitrogen and oxygen atoms in total. The van der Waals surface area contributed by atoms with Crippen LogP contribution in [0.2, 0.25) is 0 Å². The zero-order valence-corrected chi connectivity index (χ0v) is 10.1. The Morgan fingerprint density at radius 2 is 2.31 bits per heavy atom. The molecule has 2 heteroatoms. The average Bonchev–Trinajstić information content (AvgIpc) is 2.97. The first-order chi connectivity index (χ1) is 7.79. The fourth-order valence-corrected chi connectivity index (χ4v) is 2.34. The number of anilines is 1. The van der Waals surface area contributed by atoms with Crippen LogP contribution in [0.15, 0.2) is 24.3 Å². The number of hydrogen-bond acceptors (Lipinski definition) is 2. The van der Waals surface area contributed by atoms with Crippen molar-refractivity contribution in [2.45, 2.75) is 38.6 Å². The van der Waals surface area contributed by atoms with E-state index in [0.29, 0.717) is 0 Å². The lowest BCUT2D eigenvalue weighted by molar-refractivity contribution is 0.600. The van der Waals surface area contributed by atoms with Crippen LogP contribution in [0.1, 0.15) is 31.7 Å². The predicted octanol–water partition coefficient (Wildman–Crippen LogP) is 2.59. The van der Waals surface area contributed by atoms with Crippen molar-refractivity contribution in [3.63, 3.8) is 0 Å². The third-order valence-corrected chi connectivity index (χ3v) is 3.35. The number of nitrogens with one attached hydrogen (secondary N) is 1. The lowest BCUT2D eigenvalue weighted by Gasteiger charge is -2.05. The van der Waals surface area contributed by atoms with Gasteiger partial charge in [-0.05, 0) is 49.4 Å². The molecule has 1 fully saturated rings. The second-order valence-electron chi connectivity index (χ2n) is 4.84. The van der Waals surface area contributed by atoms with Crippen LogP contribution in [0, 0.1) is 5.92 Å². The SMILES string of the molecule is CCCC1CC1NCCc1cccc(N)c1. The summed E-state index contributed by atoms with van der Waals surface area (Å²) >= 11 is 0. The second-order valence-corrected chi connectivity index (χ2v) is 4.84. The molecule has 3 N–H and O–H groups in total. The van der Waals surface area contributed by atoms with E-state index in [2.05, 4.69) is 24.4 Å². The van der Waals surface area contributed by atoms with Crippen molar-refractivity contribution in [1.82, 2.24) is 5.32 Å². The van der Waals surface area contributed by atoms with Gasteiger partial charge in [0.05, 0.1) is 0 Å². The molecule has 1 aliphatic carbocycles. The van der Waals surface area contributed by atoms with Crippen molar-refractivity contribution in [3.05, 3.63) is 29.8 Å². The van der Waals surface area contributed by atoms with Gasteiger partial charge in [-0.25, -0.2) is 0 Å². The highest BCUT2D eigenvalue weighted by atomic mass is 15.0. The minimum atomic E-state index is 0.793. The van der Waals surface area contributed by atoms with E-state index in [1.807, 2.05) is 12.1 Å². The quantitative estimate of drug-likeness (QED) is 0.720. The summed E-state index contributed by atoms with van der Waals surface area (Å²) in [6.45, 7) is 3.34. The van der Waals surface area contributed by atoms with Gasteiger partial charge in [0.15, 0.2) is 0 Å². The molecule has 0 aromatic heterocycles. The molecule has 1 aromatic carbocycles. The zero-order valence-electron chi connectivity index (χ0n) is 10.1. The molecular formula is C14H22N2. The molecule has 0 radical (unpaired) electrons. The van der Waals surface area contributed by atoms with Gasteiger partial charge < -0.3 is 11.1 Å². The van der Waals surface area contributed by atoms with Crippen LogP contribution >= 0.6 is 0 Å². The number of benzene rings is 1. The largest absolute Gasteiger partial charge is 0.399 e. The Bertz CT molecular complexity index is 335. The zero-order chi connectivity index (χ0) is 11.4. The van der Waals surface area contributed by atoms with Gasteiger partial charge in [-0.2, -0.15) is 0 Å². The molecule has 0 aliphatic heterocycles. The van der Waals surface area contributed by atoms with Crippen LogP contribution in [-0.4, -0.2) is 12.6 Å². The third-order valence-electron chi connectivity index (χ3n) is 3.35. The molecule has 2 unspecified atom stereocenters. The van der Waals surface area contributed by atoms with E-state index >= 15 is 0 Å². The van der Waals surface area contributed by atoms with Gasteiger partial charge in [-0.3, -0.25) is 0 Å². The van der Waals surface area contributed by atoms with Gasteiger partial charge in [0, 0.05) is 11.7 Å². The maximum atomic E-state index is 5.74. The lowest BCUT2D eigenvalue weighted by atomic mass is 10.1. The summed E-state index contributed by atoms with van der Waals surface area (Å²) in [7, 11) is 0. The summed E-state index contributed by atoms with van der Waals surface area (Å²) in [4.78, 5) is 0. The van der Waals surface area contributed by atoms with Crippen LogP contribution in [0.5, 0.6) is 0 Å². The van der Waals surface area contributed by atoms with Gasteiger partial charge >= 0.3 is 0 Å². The van der Waals surface area contributed by atoms with E-state index in [4.69, 9.17) is 5.73 Å². The van der Waals surface area contributed by atoms with E-state index in [9.17, 15) is 0 Å². The van der Waals surface area contributed by atoms with E-state index in [0.717, 1.165) is 30.6 Å². The number of nitrogen functional groups attached to an aromatic ring is 1. The Morgan fingerprint density at radius 3 is 3.06 bits per heavy atom. The van der Waals surface area contributed by atoms with Gasteiger partial charge in [0.1, 0.15) is 0 Å². The summed E-state index contributed by atoms with van der Waals surface area (Å²) in [6.07, 6.45) is 5.17. The first-order valence-corrected chi connectivity index (χ1v) is 6.37. The Morgan fingerprint density at radius 1 is 1.44 bits per heavy atom. The minimum absolute atomic E-state index is 0.793. The van der Waals surface area contributed by atoms with Crippen molar-refractivity contribution in [2.75, 3.05) is 12.3 Å². The summed E-state index contributed by atoms with van der Waals surface area (Å²) in [6, 6.07) is 8.98. The fourth-order valence-electron chi connectivity index (χ4n) is 2.34. The second kappa shape index (κ2) is 5.35. The molecule has 0 saturated heterocycles. The summed E-state index contributed by atoms with van der Waals surface area (Å²) in [5, 5.41) is 3.62. The number of rotatable bonds is 6. The van der Waals surface area contributed by atoms with E-state index in [1.54, 1.807) is 0 Å². The van der Waals surface area contributed by atoms with Crippen LogP contribution < -0.4 is 11.1 Å². The van der Waals surface area contributed by atoms with Crippen molar-refractivity contribution in [2.24, 2.45) is 5.92 Å². The fraction of sp³-hybridized carbons (Fsp3) is 0.571. The first-order valence-electron chi connectivity index (χ1n) is 6.37. The van der Waals surface area contributed by atoms with Crippen LogP contribution in [0.3, 0.4) is 0 Å². The number of hydrogen-bond donors (Lipinski definition) is 2. The van der Waals surface area contributed by atoms with Crippen molar-refractivity contribution >= 4 is 5.69 Å². The molecule has 2 atom stereocenters. The van der Waals surface area contributed by atoms with E-state index in [1.165, 1.54) is 24.8 Å². The van der Waals surface area contributed by atoms with E-state index < -0.39 is 0 Å². The molecule has 0 amide bonds. The summed E-state index contributed by atoms with van der Waals surface area (Å²) in [5.41, 5.74) is 7.95.